The molecule has 0 bridgehead atoms. The Bertz CT molecular complexity index is 1390. The molecule has 0 aliphatic carbocycles. The average Bonchev–Trinajstić information content (AvgIpc) is 3.26. The number of rotatable bonds is 8. The standard InChI is InChI=1S/C28H26N4O4S/c1-35-23-14-8-11-19(25(23)36-2)16-29-24(33)17-37-28-30-21-13-7-6-12-20(21)26-31-27(34)22(32(26)28)15-18-9-4-3-5-10-18/h3-14,22H,15-17H2,1-2H3,(H,29,33). The van der Waals surface area contributed by atoms with Crippen LogP contribution < -0.4 is 14.8 Å². The number of carbonyl (C=O) groups excluding carboxylic acids is 2. The predicted molar refractivity (Wildman–Crippen MR) is 145 cm³/mol. The fourth-order valence-corrected chi connectivity index (χ4v) is 5.29. The Morgan fingerprint density at radius 3 is 2.54 bits per heavy atom. The number of hydrogen-bond donors (Lipinski definition) is 1. The number of amidine groups is 2. The normalized spacial score (nSPS) is 15.9. The zero-order valence-electron chi connectivity index (χ0n) is 20.5. The summed E-state index contributed by atoms with van der Waals surface area (Å²) in [7, 11) is 3.14. The second-order valence-electron chi connectivity index (χ2n) is 8.48. The maximum atomic E-state index is 13.0. The predicted octanol–water partition coefficient (Wildman–Crippen LogP) is 3.95. The first kappa shape index (κ1) is 24.6. The molecule has 1 N–H and O–H groups in total. The Labute approximate surface area is 219 Å². The Morgan fingerprint density at radius 2 is 1.76 bits per heavy atom. The summed E-state index contributed by atoms with van der Waals surface area (Å²) in [5.41, 5.74) is 3.39. The van der Waals surface area contributed by atoms with Gasteiger partial charge >= 0.3 is 0 Å². The van der Waals surface area contributed by atoms with Gasteiger partial charge in [0.2, 0.25) is 5.91 Å². The maximum Gasteiger partial charge on any atom is 0.271 e. The molecule has 0 spiro atoms. The second kappa shape index (κ2) is 10.9. The molecule has 1 atom stereocenters. The fraction of sp³-hybridized carbons (Fsp3) is 0.214. The van der Waals surface area contributed by atoms with Gasteiger partial charge in [-0.2, -0.15) is 4.99 Å². The summed E-state index contributed by atoms with van der Waals surface area (Å²) >= 11 is 1.29. The van der Waals surface area contributed by atoms with Gasteiger partial charge in [0.05, 0.1) is 25.7 Å². The van der Waals surface area contributed by atoms with Crippen molar-refractivity contribution in [2.24, 2.45) is 9.98 Å². The van der Waals surface area contributed by atoms with Crippen LogP contribution >= 0.6 is 11.8 Å². The Hall–Kier alpha value is -4.11. The number of carbonyl (C=O) groups is 2. The number of methoxy groups -OCH3 is 2. The van der Waals surface area contributed by atoms with Crippen LogP contribution in [0.15, 0.2) is 82.8 Å². The van der Waals surface area contributed by atoms with Gasteiger partial charge < -0.3 is 14.8 Å². The van der Waals surface area contributed by atoms with Crippen molar-refractivity contribution in [3.05, 3.63) is 89.5 Å². The number of para-hydroxylation sites is 2. The lowest BCUT2D eigenvalue weighted by Crippen LogP contribution is -2.45. The smallest absolute Gasteiger partial charge is 0.271 e. The first-order chi connectivity index (χ1) is 18.1. The highest BCUT2D eigenvalue weighted by Crippen LogP contribution is 2.35. The number of fused-ring (bicyclic) bond motifs is 3. The van der Waals surface area contributed by atoms with E-state index in [2.05, 4.69) is 10.3 Å². The quantitative estimate of drug-likeness (QED) is 0.489. The maximum absolute atomic E-state index is 13.0. The molecule has 0 saturated carbocycles. The van der Waals surface area contributed by atoms with E-state index in [-0.39, 0.29) is 17.6 Å². The molecule has 0 aromatic heterocycles. The average molecular weight is 515 g/mol. The van der Waals surface area contributed by atoms with Gasteiger partial charge in [0.1, 0.15) is 11.9 Å². The van der Waals surface area contributed by atoms with Crippen LogP contribution in [0.5, 0.6) is 11.5 Å². The highest BCUT2D eigenvalue weighted by Gasteiger charge is 2.41. The first-order valence-electron chi connectivity index (χ1n) is 11.8. The molecule has 2 heterocycles. The van der Waals surface area contributed by atoms with Crippen LogP contribution in [0.4, 0.5) is 5.69 Å². The number of amides is 2. The van der Waals surface area contributed by atoms with Gasteiger partial charge in [0.25, 0.3) is 5.91 Å². The van der Waals surface area contributed by atoms with Crippen molar-refractivity contribution in [2.75, 3.05) is 20.0 Å². The lowest BCUT2D eigenvalue weighted by Gasteiger charge is -2.31. The van der Waals surface area contributed by atoms with Gasteiger partial charge in [-0.15, -0.1) is 0 Å². The molecule has 0 saturated heterocycles. The summed E-state index contributed by atoms with van der Waals surface area (Å²) in [6.45, 7) is 0.292. The van der Waals surface area contributed by atoms with Gasteiger partial charge in [0.15, 0.2) is 16.7 Å². The summed E-state index contributed by atoms with van der Waals surface area (Å²) in [4.78, 5) is 36.9. The molecule has 5 rings (SSSR count). The zero-order chi connectivity index (χ0) is 25.8. The van der Waals surface area contributed by atoms with Gasteiger partial charge in [-0.25, -0.2) is 4.99 Å². The molecule has 0 fully saturated rings. The Balaban J connectivity index is 1.33. The number of hydrogen-bond acceptors (Lipinski definition) is 7. The summed E-state index contributed by atoms with van der Waals surface area (Å²) in [6, 6.07) is 22.5. The molecule has 2 amide bonds. The van der Waals surface area contributed by atoms with Crippen LogP contribution in [0.3, 0.4) is 0 Å². The molecule has 1 unspecified atom stereocenters. The van der Waals surface area contributed by atoms with Crippen molar-refractivity contribution in [3.63, 3.8) is 0 Å². The molecule has 37 heavy (non-hydrogen) atoms. The highest BCUT2D eigenvalue weighted by atomic mass is 32.2. The summed E-state index contributed by atoms with van der Waals surface area (Å²) < 4.78 is 10.8. The van der Waals surface area contributed by atoms with Crippen molar-refractivity contribution in [3.8, 4) is 11.5 Å². The van der Waals surface area contributed by atoms with Crippen LogP contribution in [0.25, 0.3) is 0 Å². The van der Waals surface area contributed by atoms with Crippen LogP contribution in [0.1, 0.15) is 16.7 Å². The minimum Gasteiger partial charge on any atom is -0.493 e. The van der Waals surface area contributed by atoms with Crippen LogP contribution in [-0.4, -0.2) is 53.7 Å². The first-order valence-corrected chi connectivity index (χ1v) is 12.8. The summed E-state index contributed by atoms with van der Waals surface area (Å²) in [6.07, 6.45) is 0.496. The number of ether oxygens (including phenoxy) is 2. The summed E-state index contributed by atoms with van der Waals surface area (Å²) in [5.74, 6) is 1.53. The SMILES string of the molecule is COc1cccc(CNC(=O)CSC2=Nc3ccccc3C3=NC(=O)C(Cc4ccccc4)N23)c1OC. The van der Waals surface area contributed by atoms with Crippen molar-refractivity contribution in [1.29, 1.82) is 0 Å². The third kappa shape index (κ3) is 5.08. The number of nitrogens with one attached hydrogen (secondary N) is 1. The van der Waals surface area contributed by atoms with Crippen molar-refractivity contribution in [1.82, 2.24) is 10.2 Å². The third-order valence-electron chi connectivity index (χ3n) is 6.17. The van der Waals surface area contributed by atoms with Gasteiger partial charge in [0, 0.05) is 24.1 Å². The van der Waals surface area contributed by atoms with Gasteiger partial charge in [-0.05, 0) is 23.8 Å². The van der Waals surface area contributed by atoms with Crippen LogP contribution in [-0.2, 0) is 22.6 Å². The minimum atomic E-state index is -0.513. The molecule has 8 nitrogen and oxygen atoms in total. The monoisotopic (exact) mass is 514 g/mol. The number of thioether (sulfide) groups is 1. The highest BCUT2D eigenvalue weighted by molar-refractivity contribution is 8.14. The van der Waals surface area contributed by atoms with Crippen molar-refractivity contribution >= 4 is 40.3 Å². The summed E-state index contributed by atoms with van der Waals surface area (Å²) in [5, 5.41) is 3.52. The van der Waals surface area contributed by atoms with E-state index in [1.807, 2.05) is 71.6 Å². The largest absolute Gasteiger partial charge is 0.493 e. The fourth-order valence-electron chi connectivity index (χ4n) is 4.41. The molecule has 2 aliphatic heterocycles. The molecular weight excluding hydrogens is 488 g/mol. The zero-order valence-corrected chi connectivity index (χ0v) is 21.3. The van der Waals surface area contributed by atoms with E-state index in [0.717, 1.165) is 22.4 Å². The van der Waals surface area contributed by atoms with E-state index in [1.165, 1.54) is 11.8 Å². The number of benzene rings is 3. The van der Waals surface area contributed by atoms with E-state index in [9.17, 15) is 9.59 Å². The molecule has 2 aliphatic rings. The topological polar surface area (TPSA) is 92.6 Å². The van der Waals surface area contributed by atoms with Crippen molar-refractivity contribution < 1.29 is 19.1 Å². The molecule has 0 radical (unpaired) electrons. The third-order valence-corrected chi connectivity index (χ3v) is 7.13. The minimum absolute atomic E-state index is 0.128. The lowest BCUT2D eigenvalue weighted by atomic mass is 10.0. The van der Waals surface area contributed by atoms with Crippen molar-refractivity contribution in [2.45, 2.75) is 19.0 Å². The Morgan fingerprint density at radius 1 is 0.973 bits per heavy atom. The van der Waals surface area contributed by atoms with E-state index in [4.69, 9.17) is 14.5 Å². The molecule has 3 aromatic carbocycles. The van der Waals surface area contributed by atoms with Crippen LogP contribution in [0, 0.1) is 0 Å². The van der Waals surface area contributed by atoms with Gasteiger partial charge in [-0.3, -0.25) is 14.5 Å². The second-order valence-corrected chi connectivity index (χ2v) is 9.42. The number of nitrogens with zero attached hydrogens (tertiary/aromatic N) is 3. The van der Waals surface area contributed by atoms with E-state index < -0.39 is 6.04 Å². The molecular formula is C28H26N4O4S. The molecule has 3 aromatic rings. The van der Waals surface area contributed by atoms with Crippen LogP contribution in [0.2, 0.25) is 0 Å². The molecule has 188 valence electrons. The van der Waals surface area contributed by atoms with E-state index in [1.54, 1.807) is 20.3 Å². The lowest BCUT2D eigenvalue weighted by molar-refractivity contribution is -0.120. The van der Waals surface area contributed by atoms with E-state index in [0.29, 0.717) is 35.5 Å². The molecule has 9 heteroatoms. The Kier molecular flexibility index (Phi) is 7.23. The van der Waals surface area contributed by atoms with Gasteiger partial charge in [-0.1, -0.05) is 66.4 Å². The van der Waals surface area contributed by atoms with E-state index >= 15 is 0 Å². The number of aliphatic imine (C=N–C) groups is 2.